The fourth-order valence-corrected chi connectivity index (χ4v) is 4.19. The van der Waals surface area contributed by atoms with Gasteiger partial charge < -0.3 is 4.90 Å². The number of amides is 1. The highest BCUT2D eigenvalue weighted by Gasteiger charge is 2.30. The zero-order valence-corrected chi connectivity index (χ0v) is 17.8. The van der Waals surface area contributed by atoms with Gasteiger partial charge in [-0.05, 0) is 54.6 Å². The molecule has 5 nitrogen and oxygen atoms in total. The average molecular weight is 421 g/mol. The van der Waals surface area contributed by atoms with Gasteiger partial charge in [0.15, 0.2) is 5.65 Å². The first-order valence-electron chi connectivity index (χ1n) is 9.77. The number of halogens is 1. The summed E-state index contributed by atoms with van der Waals surface area (Å²) in [7, 11) is 0. The molecule has 0 spiro atoms. The van der Waals surface area contributed by atoms with Crippen molar-refractivity contribution in [2.75, 3.05) is 6.54 Å². The highest BCUT2D eigenvalue weighted by atomic mass is 79.9. The van der Waals surface area contributed by atoms with Gasteiger partial charge in [-0.2, -0.15) is 5.10 Å². The number of carbonyl (C=O) groups is 1. The van der Waals surface area contributed by atoms with Gasteiger partial charge in [0.1, 0.15) is 10.3 Å². The van der Waals surface area contributed by atoms with E-state index in [2.05, 4.69) is 53.7 Å². The van der Waals surface area contributed by atoms with Gasteiger partial charge in [-0.3, -0.25) is 4.79 Å². The lowest BCUT2D eigenvalue weighted by Gasteiger charge is -2.30. The minimum Gasteiger partial charge on any atom is -0.335 e. The molecule has 3 rings (SSSR count). The molecule has 0 bridgehead atoms. The number of hydrogen-bond acceptors (Lipinski definition) is 3. The van der Waals surface area contributed by atoms with Crippen LogP contribution >= 0.6 is 15.9 Å². The monoisotopic (exact) mass is 420 g/mol. The molecular weight excluding hydrogens is 392 g/mol. The van der Waals surface area contributed by atoms with E-state index in [9.17, 15) is 4.79 Å². The van der Waals surface area contributed by atoms with Crippen LogP contribution < -0.4 is 0 Å². The van der Waals surface area contributed by atoms with E-state index in [-0.39, 0.29) is 17.4 Å². The van der Waals surface area contributed by atoms with Gasteiger partial charge in [0.25, 0.3) is 5.91 Å². The molecule has 6 heteroatoms. The first-order chi connectivity index (χ1) is 12.4. The molecular formula is C20H29BrN4O. The molecule has 1 saturated heterocycles. The van der Waals surface area contributed by atoms with E-state index in [4.69, 9.17) is 0 Å². The number of likely N-dealkylation sites (tertiary alicyclic amines) is 1. The molecule has 1 aliphatic rings. The summed E-state index contributed by atoms with van der Waals surface area (Å²) in [5.41, 5.74) is 2.28. The Hall–Kier alpha value is -1.43. The van der Waals surface area contributed by atoms with Crippen LogP contribution in [-0.2, 0) is 5.41 Å². The Balaban J connectivity index is 2.10. The molecule has 0 N–H and O–H groups in total. The summed E-state index contributed by atoms with van der Waals surface area (Å²) in [4.78, 5) is 20.0. The van der Waals surface area contributed by atoms with Crippen molar-refractivity contribution in [2.24, 2.45) is 0 Å². The molecule has 0 aromatic carbocycles. The molecule has 3 heterocycles. The van der Waals surface area contributed by atoms with Crippen LogP contribution in [0.2, 0.25) is 0 Å². The molecule has 1 unspecified atom stereocenters. The number of rotatable bonds is 4. The Morgan fingerprint density at radius 2 is 2.00 bits per heavy atom. The lowest BCUT2D eigenvalue weighted by atomic mass is 9.81. The standard InChI is InChI=1S/C20H29BrN4O/c1-5-20(4,6-2)16-12-15(22-18-13-17(21)23-25(16)18)19(26)24-11-9-7-8-10-14(24)3/h12-14H,5-11H2,1-4H3. The van der Waals surface area contributed by atoms with E-state index in [1.54, 1.807) is 0 Å². The van der Waals surface area contributed by atoms with Gasteiger partial charge in [0.2, 0.25) is 0 Å². The van der Waals surface area contributed by atoms with Gasteiger partial charge >= 0.3 is 0 Å². The molecule has 26 heavy (non-hydrogen) atoms. The summed E-state index contributed by atoms with van der Waals surface area (Å²) in [5, 5.41) is 4.56. The molecule has 1 fully saturated rings. The smallest absolute Gasteiger partial charge is 0.272 e. The first-order valence-corrected chi connectivity index (χ1v) is 10.6. The molecule has 2 aromatic heterocycles. The molecule has 142 valence electrons. The molecule has 0 radical (unpaired) electrons. The van der Waals surface area contributed by atoms with E-state index in [0.29, 0.717) is 5.69 Å². The summed E-state index contributed by atoms with van der Waals surface area (Å²) in [6.45, 7) is 9.59. The Bertz CT molecular complexity index is 796. The van der Waals surface area contributed by atoms with Crippen molar-refractivity contribution >= 4 is 27.5 Å². The summed E-state index contributed by atoms with van der Waals surface area (Å²) < 4.78 is 2.63. The fourth-order valence-electron chi connectivity index (χ4n) is 3.82. The Labute approximate surface area is 164 Å². The third kappa shape index (κ3) is 3.53. The molecule has 1 aliphatic heterocycles. The molecule has 0 aliphatic carbocycles. The quantitative estimate of drug-likeness (QED) is 0.700. The van der Waals surface area contributed by atoms with Gasteiger partial charge in [-0.15, -0.1) is 0 Å². The SMILES string of the molecule is CCC(C)(CC)c1cc(C(=O)N2CCCCCC2C)nc2cc(Br)nn12. The topological polar surface area (TPSA) is 50.5 Å². The summed E-state index contributed by atoms with van der Waals surface area (Å²) in [5.74, 6) is 0.0510. The summed E-state index contributed by atoms with van der Waals surface area (Å²) >= 11 is 3.46. The average Bonchev–Trinajstić information content (AvgIpc) is 2.88. The van der Waals surface area contributed by atoms with Crippen LogP contribution in [0.25, 0.3) is 5.65 Å². The highest BCUT2D eigenvalue weighted by Crippen LogP contribution is 2.32. The minimum absolute atomic E-state index is 0.0495. The van der Waals surface area contributed by atoms with E-state index >= 15 is 0 Å². The third-order valence-corrected chi connectivity index (χ3v) is 6.50. The van der Waals surface area contributed by atoms with Gasteiger partial charge in [0.05, 0.1) is 5.69 Å². The molecule has 1 atom stereocenters. The van der Waals surface area contributed by atoms with Crippen LogP contribution in [0.4, 0.5) is 0 Å². The number of hydrogen-bond donors (Lipinski definition) is 0. The normalized spacial score (nSPS) is 19.0. The maximum atomic E-state index is 13.3. The molecule has 0 saturated carbocycles. The van der Waals surface area contributed by atoms with Crippen molar-refractivity contribution in [2.45, 2.75) is 77.7 Å². The fraction of sp³-hybridized carbons (Fsp3) is 0.650. The van der Waals surface area contributed by atoms with Crippen LogP contribution in [-0.4, -0.2) is 38.0 Å². The van der Waals surface area contributed by atoms with Crippen LogP contribution in [0.15, 0.2) is 16.7 Å². The van der Waals surface area contributed by atoms with Gasteiger partial charge in [-0.25, -0.2) is 9.50 Å². The summed E-state index contributed by atoms with van der Waals surface area (Å²) in [6, 6.07) is 4.13. The largest absolute Gasteiger partial charge is 0.335 e. The lowest BCUT2D eigenvalue weighted by Crippen LogP contribution is -2.39. The van der Waals surface area contributed by atoms with Crippen molar-refractivity contribution in [1.82, 2.24) is 19.5 Å². The molecule has 1 amide bonds. The highest BCUT2D eigenvalue weighted by molar-refractivity contribution is 9.10. The van der Waals surface area contributed by atoms with Crippen LogP contribution in [0.5, 0.6) is 0 Å². The zero-order chi connectivity index (χ0) is 18.9. The van der Waals surface area contributed by atoms with Crippen molar-refractivity contribution in [3.8, 4) is 0 Å². The van der Waals surface area contributed by atoms with E-state index in [0.717, 1.165) is 48.2 Å². The van der Waals surface area contributed by atoms with Crippen molar-refractivity contribution in [3.63, 3.8) is 0 Å². The second-order valence-corrected chi connectivity index (χ2v) is 8.54. The predicted molar refractivity (Wildman–Crippen MR) is 108 cm³/mol. The van der Waals surface area contributed by atoms with E-state index < -0.39 is 0 Å². The Kier molecular flexibility index (Phi) is 5.70. The zero-order valence-electron chi connectivity index (χ0n) is 16.3. The van der Waals surface area contributed by atoms with Gasteiger partial charge in [0, 0.05) is 24.1 Å². The first kappa shape index (κ1) is 19.3. The Morgan fingerprint density at radius 3 is 2.69 bits per heavy atom. The van der Waals surface area contributed by atoms with E-state index in [1.807, 2.05) is 21.5 Å². The second-order valence-electron chi connectivity index (χ2n) is 7.73. The number of aromatic nitrogens is 3. The number of nitrogens with zero attached hydrogens (tertiary/aromatic N) is 4. The predicted octanol–water partition coefficient (Wildman–Crippen LogP) is 4.97. The second kappa shape index (κ2) is 7.67. The van der Waals surface area contributed by atoms with Crippen molar-refractivity contribution < 1.29 is 4.79 Å². The molecule has 2 aromatic rings. The maximum Gasteiger partial charge on any atom is 0.272 e. The Morgan fingerprint density at radius 1 is 1.27 bits per heavy atom. The number of carbonyl (C=O) groups excluding carboxylic acids is 1. The third-order valence-electron chi connectivity index (χ3n) is 6.11. The van der Waals surface area contributed by atoms with E-state index in [1.165, 1.54) is 12.8 Å². The summed E-state index contributed by atoms with van der Waals surface area (Å²) in [6.07, 6.45) is 6.50. The van der Waals surface area contributed by atoms with Gasteiger partial charge in [-0.1, -0.05) is 33.6 Å². The van der Waals surface area contributed by atoms with Crippen molar-refractivity contribution in [1.29, 1.82) is 0 Å². The van der Waals surface area contributed by atoms with Crippen LogP contribution in [0.3, 0.4) is 0 Å². The maximum absolute atomic E-state index is 13.3. The van der Waals surface area contributed by atoms with Crippen molar-refractivity contribution in [3.05, 3.63) is 28.1 Å². The van der Waals surface area contributed by atoms with Crippen LogP contribution in [0.1, 0.15) is 82.4 Å². The lowest BCUT2D eigenvalue weighted by molar-refractivity contribution is 0.0691. The minimum atomic E-state index is -0.0495. The van der Waals surface area contributed by atoms with Crippen LogP contribution in [0, 0.1) is 0 Å². The number of fused-ring (bicyclic) bond motifs is 1.